The Bertz CT molecular complexity index is 941. The highest BCUT2D eigenvalue weighted by molar-refractivity contribution is 6.02. The Morgan fingerprint density at radius 3 is 2.59 bits per heavy atom. The van der Waals surface area contributed by atoms with Gasteiger partial charge in [-0.3, -0.25) is 9.78 Å². The van der Waals surface area contributed by atoms with Crippen molar-refractivity contribution < 1.29 is 14.6 Å². The second-order valence-electron chi connectivity index (χ2n) is 7.33. The van der Waals surface area contributed by atoms with Gasteiger partial charge in [0.05, 0.1) is 0 Å². The number of ether oxygens (including phenoxy) is 1. The highest BCUT2D eigenvalue weighted by atomic mass is 16.5. The van der Waals surface area contributed by atoms with Crippen molar-refractivity contribution in [1.82, 2.24) is 14.8 Å². The number of aliphatic imine (C=N–C) groups is 1. The van der Waals surface area contributed by atoms with Crippen LogP contribution >= 0.6 is 0 Å². The van der Waals surface area contributed by atoms with Crippen LogP contribution in [0.2, 0.25) is 0 Å². The number of amides is 1. The second kappa shape index (κ2) is 7.95. The number of pyridine rings is 1. The lowest BCUT2D eigenvalue weighted by Gasteiger charge is -2.45. The van der Waals surface area contributed by atoms with E-state index in [1.807, 2.05) is 72.2 Å². The molecule has 0 aliphatic carbocycles. The van der Waals surface area contributed by atoms with Crippen LogP contribution in [-0.2, 0) is 16.1 Å². The first kappa shape index (κ1) is 19.0. The molecule has 7 heteroatoms. The van der Waals surface area contributed by atoms with Crippen LogP contribution in [0.4, 0.5) is 0 Å². The molecule has 1 aromatic carbocycles. The first-order chi connectivity index (χ1) is 14.1. The maximum Gasteiger partial charge on any atom is 0.254 e. The molecule has 0 spiro atoms. The van der Waals surface area contributed by atoms with Crippen LogP contribution in [0.1, 0.15) is 25.1 Å². The van der Waals surface area contributed by atoms with Gasteiger partial charge in [-0.25, -0.2) is 0 Å². The molecule has 2 aliphatic rings. The van der Waals surface area contributed by atoms with Gasteiger partial charge in [0.1, 0.15) is 12.3 Å². The number of hydrogen-bond acceptors (Lipinski definition) is 6. The number of amidine groups is 1. The Labute approximate surface area is 170 Å². The van der Waals surface area contributed by atoms with Crippen molar-refractivity contribution in [2.24, 2.45) is 4.99 Å². The number of aliphatic hydroxyl groups excluding tert-OH is 1. The molecule has 0 radical (unpaired) electrons. The van der Waals surface area contributed by atoms with Crippen molar-refractivity contribution in [1.29, 1.82) is 0 Å². The fourth-order valence-electron chi connectivity index (χ4n) is 3.66. The zero-order valence-electron chi connectivity index (χ0n) is 16.5. The van der Waals surface area contributed by atoms with Crippen molar-refractivity contribution in [2.75, 3.05) is 13.1 Å². The lowest BCUT2D eigenvalue weighted by Crippen LogP contribution is -2.62. The Morgan fingerprint density at radius 2 is 1.90 bits per heavy atom. The number of fused-ring (bicyclic) bond motifs is 1. The van der Waals surface area contributed by atoms with E-state index in [1.54, 1.807) is 6.20 Å². The molecule has 2 aromatic rings. The molecule has 1 saturated heterocycles. The van der Waals surface area contributed by atoms with Gasteiger partial charge in [0.25, 0.3) is 11.8 Å². The molecule has 3 heterocycles. The minimum Gasteiger partial charge on any atom is -0.491 e. The molecule has 1 unspecified atom stereocenters. The van der Waals surface area contributed by atoms with Gasteiger partial charge in [-0.05, 0) is 31.5 Å². The number of hydrogen-bond donors (Lipinski definition) is 1. The van der Waals surface area contributed by atoms with Crippen LogP contribution < -0.4 is 0 Å². The van der Waals surface area contributed by atoms with E-state index >= 15 is 0 Å². The monoisotopic (exact) mass is 392 g/mol. The van der Waals surface area contributed by atoms with Gasteiger partial charge in [-0.15, -0.1) is 0 Å². The van der Waals surface area contributed by atoms with E-state index in [0.717, 1.165) is 5.56 Å². The summed E-state index contributed by atoms with van der Waals surface area (Å²) >= 11 is 0. The Balaban J connectivity index is 1.71. The van der Waals surface area contributed by atoms with Crippen LogP contribution in [0.5, 0.6) is 0 Å². The van der Waals surface area contributed by atoms with E-state index in [9.17, 15) is 9.90 Å². The lowest BCUT2D eigenvalue weighted by molar-refractivity contribution is -0.141. The van der Waals surface area contributed by atoms with Crippen molar-refractivity contribution in [3.8, 4) is 0 Å². The Kier molecular flexibility index (Phi) is 5.20. The Hall–Kier alpha value is -3.35. The molecule has 150 valence electrons. The fourth-order valence-corrected chi connectivity index (χ4v) is 3.66. The molecular formula is C22H24N4O3. The molecular weight excluding hydrogens is 368 g/mol. The van der Waals surface area contributed by atoms with Crippen molar-refractivity contribution in [2.45, 2.75) is 32.5 Å². The largest absolute Gasteiger partial charge is 0.491 e. The third kappa shape index (κ3) is 3.68. The van der Waals surface area contributed by atoms with Crippen molar-refractivity contribution in [3.63, 3.8) is 0 Å². The van der Waals surface area contributed by atoms with Gasteiger partial charge in [-0.2, -0.15) is 4.99 Å². The Morgan fingerprint density at radius 1 is 1.14 bits per heavy atom. The number of aliphatic hydroxyl groups is 1. The van der Waals surface area contributed by atoms with Crippen LogP contribution in [0.3, 0.4) is 0 Å². The minimum absolute atomic E-state index is 0.0549. The molecule has 0 saturated carbocycles. The highest BCUT2D eigenvalue weighted by Gasteiger charge is 2.45. The summed E-state index contributed by atoms with van der Waals surface area (Å²) in [5.74, 6) is 0.284. The summed E-state index contributed by atoms with van der Waals surface area (Å²) in [4.78, 5) is 25.7. The third-order valence-electron chi connectivity index (χ3n) is 5.12. The number of nitrogens with zero attached hydrogens (tertiary/aromatic N) is 4. The smallest absolute Gasteiger partial charge is 0.254 e. The molecule has 29 heavy (non-hydrogen) atoms. The predicted molar refractivity (Wildman–Crippen MR) is 109 cm³/mol. The molecule has 7 nitrogen and oxygen atoms in total. The summed E-state index contributed by atoms with van der Waals surface area (Å²) in [6.07, 6.45) is 1.67. The van der Waals surface area contributed by atoms with Gasteiger partial charge >= 0.3 is 0 Å². The molecule has 2 aliphatic heterocycles. The van der Waals surface area contributed by atoms with Gasteiger partial charge in [0.2, 0.25) is 0 Å². The summed E-state index contributed by atoms with van der Waals surface area (Å²) < 4.78 is 5.95. The summed E-state index contributed by atoms with van der Waals surface area (Å²) in [5.41, 5.74) is 1.56. The first-order valence-corrected chi connectivity index (χ1v) is 9.73. The molecule has 1 aromatic heterocycles. The average Bonchev–Trinajstić information content (AvgIpc) is 2.74. The van der Waals surface area contributed by atoms with Crippen LogP contribution in [-0.4, -0.2) is 56.8 Å². The molecule has 4 rings (SSSR count). The number of rotatable bonds is 5. The number of piperazine rings is 1. The van der Waals surface area contributed by atoms with Crippen LogP contribution in [0, 0.1) is 0 Å². The lowest BCUT2D eigenvalue weighted by atomic mass is 10.0. The van der Waals surface area contributed by atoms with E-state index in [0.29, 0.717) is 24.6 Å². The van der Waals surface area contributed by atoms with Gasteiger partial charge < -0.3 is 19.6 Å². The third-order valence-corrected chi connectivity index (χ3v) is 5.12. The summed E-state index contributed by atoms with van der Waals surface area (Å²) in [6.45, 7) is 5.37. The van der Waals surface area contributed by atoms with E-state index < -0.39 is 6.04 Å². The topological polar surface area (TPSA) is 78.3 Å². The quantitative estimate of drug-likeness (QED) is 0.847. The van der Waals surface area contributed by atoms with Crippen molar-refractivity contribution >= 4 is 11.7 Å². The van der Waals surface area contributed by atoms with Crippen LogP contribution in [0.25, 0.3) is 0 Å². The zero-order chi connectivity index (χ0) is 20.4. The van der Waals surface area contributed by atoms with Crippen LogP contribution in [0.15, 0.2) is 71.4 Å². The maximum atomic E-state index is 13.3. The van der Waals surface area contributed by atoms with E-state index in [4.69, 9.17) is 4.74 Å². The second-order valence-corrected chi connectivity index (χ2v) is 7.33. The molecule has 0 bridgehead atoms. The minimum atomic E-state index is -0.760. The van der Waals surface area contributed by atoms with E-state index in [-0.39, 0.29) is 30.2 Å². The standard InChI is InChI=1S/C22H24N4O3/c1-15(2)25-12-13-26-18(22(25)28)19(29-14-16-8-4-3-5-9-16)21(27)24-20(26)17-10-6-7-11-23-17/h3-11,15,18,27H,12-14H2,1-2H3. The van der Waals surface area contributed by atoms with Gasteiger partial charge in [0.15, 0.2) is 17.6 Å². The predicted octanol–water partition coefficient (Wildman–Crippen LogP) is 2.71. The van der Waals surface area contributed by atoms with Gasteiger partial charge in [0, 0.05) is 25.3 Å². The molecule has 1 amide bonds. The molecule has 1 atom stereocenters. The van der Waals surface area contributed by atoms with Gasteiger partial charge in [-0.1, -0.05) is 36.4 Å². The summed E-state index contributed by atoms with van der Waals surface area (Å²) in [6, 6.07) is 14.4. The number of aromatic nitrogens is 1. The van der Waals surface area contributed by atoms with E-state index in [2.05, 4.69) is 9.98 Å². The summed E-state index contributed by atoms with van der Waals surface area (Å²) in [5, 5.41) is 10.7. The number of carbonyl (C=O) groups excluding carboxylic acids is 1. The summed E-state index contributed by atoms with van der Waals surface area (Å²) in [7, 11) is 0. The maximum absolute atomic E-state index is 13.3. The zero-order valence-corrected chi connectivity index (χ0v) is 16.5. The number of benzene rings is 1. The molecule has 1 fully saturated rings. The average molecular weight is 392 g/mol. The normalized spacial score (nSPS) is 19.3. The first-order valence-electron chi connectivity index (χ1n) is 9.73. The van der Waals surface area contributed by atoms with E-state index in [1.165, 1.54) is 0 Å². The van der Waals surface area contributed by atoms with Crippen molar-refractivity contribution in [3.05, 3.63) is 77.6 Å². The fraction of sp³-hybridized carbons (Fsp3) is 0.318. The number of carbonyl (C=O) groups is 1. The SMILES string of the molecule is CC(C)N1CCN2C(c3ccccn3)=NC(O)=C(OCc3ccccc3)C2C1=O. The molecule has 1 N–H and O–H groups in total. The highest BCUT2D eigenvalue weighted by Crippen LogP contribution is 2.30.